The number of nitrogens with zero attached hydrogens (tertiary/aromatic N) is 2. The van der Waals surface area contributed by atoms with Gasteiger partial charge in [-0.05, 0) is 30.5 Å². The summed E-state index contributed by atoms with van der Waals surface area (Å²) in [6, 6.07) is 18.2. The van der Waals surface area contributed by atoms with Gasteiger partial charge in [0.1, 0.15) is 0 Å². The molecule has 0 aliphatic heterocycles. The third-order valence-corrected chi connectivity index (χ3v) is 4.01. The monoisotopic (exact) mass is 341 g/mol. The van der Waals surface area contributed by atoms with Crippen LogP contribution in [0.2, 0.25) is 0 Å². The van der Waals surface area contributed by atoms with Gasteiger partial charge < -0.3 is 10.5 Å². The Hall–Kier alpha value is -2.11. The summed E-state index contributed by atoms with van der Waals surface area (Å²) in [6.07, 6.45) is 1.93. The average molecular weight is 341 g/mol. The standard InChI is InChI=1S/C19H23N3OS/c1-15(2)23-13-17-10-8-16(9-11-17)12-21-22-19(20)24-14-18-6-4-3-5-7-18/h3-12,15H,13-14H2,1-2H3,(H2,20,22). The van der Waals surface area contributed by atoms with Crippen LogP contribution in [0.1, 0.15) is 30.5 Å². The summed E-state index contributed by atoms with van der Waals surface area (Å²) in [4.78, 5) is 0. The van der Waals surface area contributed by atoms with Crippen molar-refractivity contribution in [2.45, 2.75) is 32.3 Å². The molecular formula is C19H23N3OS. The van der Waals surface area contributed by atoms with Gasteiger partial charge in [0.05, 0.1) is 18.9 Å². The molecule has 0 amide bonds. The Balaban J connectivity index is 1.81. The summed E-state index contributed by atoms with van der Waals surface area (Å²) in [6.45, 7) is 4.68. The van der Waals surface area contributed by atoms with Gasteiger partial charge in [0.25, 0.3) is 0 Å². The SMILES string of the molecule is CC(C)OCc1ccc(C=NN=C(N)SCc2ccccc2)cc1. The van der Waals surface area contributed by atoms with Gasteiger partial charge in [-0.25, -0.2) is 0 Å². The van der Waals surface area contributed by atoms with Crippen molar-refractivity contribution < 1.29 is 4.74 Å². The third-order valence-electron chi connectivity index (χ3n) is 3.16. The van der Waals surface area contributed by atoms with Gasteiger partial charge in [-0.2, -0.15) is 5.10 Å². The Morgan fingerprint density at radius 1 is 1.08 bits per heavy atom. The van der Waals surface area contributed by atoms with Gasteiger partial charge in [-0.1, -0.05) is 66.4 Å². The molecule has 0 fully saturated rings. The summed E-state index contributed by atoms with van der Waals surface area (Å²) in [5, 5.41) is 8.52. The topological polar surface area (TPSA) is 60.0 Å². The molecule has 2 aromatic carbocycles. The van der Waals surface area contributed by atoms with Crippen molar-refractivity contribution in [1.29, 1.82) is 0 Å². The van der Waals surface area contributed by atoms with Gasteiger partial charge in [0.2, 0.25) is 0 Å². The van der Waals surface area contributed by atoms with Crippen LogP contribution in [0, 0.1) is 0 Å². The maximum absolute atomic E-state index is 5.86. The molecule has 0 saturated heterocycles. The predicted octanol–water partition coefficient (Wildman–Crippen LogP) is 4.19. The average Bonchev–Trinajstić information content (AvgIpc) is 2.60. The fourth-order valence-electron chi connectivity index (χ4n) is 1.88. The van der Waals surface area contributed by atoms with Crippen molar-refractivity contribution in [2.75, 3.05) is 0 Å². The maximum atomic E-state index is 5.86. The van der Waals surface area contributed by atoms with Crippen LogP contribution >= 0.6 is 11.8 Å². The van der Waals surface area contributed by atoms with E-state index in [1.54, 1.807) is 6.21 Å². The molecule has 0 spiro atoms. The summed E-state index contributed by atoms with van der Waals surface area (Å²) in [5.41, 5.74) is 9.19. The normalized spacial score (nSPS) is 12.2. The zero-order valence-electron chi connectivity index (χ0n) is 14.1. The second-order valence-electron chi connectivity index (χ2n) is 5.56. The molecule has 0 aliphatic carbocycles. The van der Waals surface area contributed by atoms with E-state index in [0.29, 0.717) is 11.8 Å². The lowest BCUT2D eigenvalue weighted by Crippen LogP contribution is -2.06. The largest absolute Gasteiger partial charge is 0.377 e. The van der Waals surface area contributed by atoms with Gasteiger partial charge in [0, 0.05) is 5.75 Å². The van der Waals surface area contributed by atoms with Crippen molar-refractivity contribution in [2.24, 2.45) is 15.9 Å². The highest BCUT2D eigenvalue weighted by atomic mass is 32.2. The Morgan fingerprint density at radius 3 is 2.46 bits per heavy atom. The van der Waals surface area contributed by atoms with Crippen LogP contribution in [-0.4, -0.2) is 17.5 Å². The molecular weight excluding hydrogens is 318 g/mol. The number of rotatable bonds is 7. The molecule has 2 N–H and O–H groups in total. The highest BCUT2D eigenvalue weighted by Gasteiger charge is 1.97. The van der Waals surface area contributed by atoms with Crippen LogP contribution in [0.5, 0.6) is 0 Å². The van der Waals surface area contributed by atoms with Crippen LogP contribution < -0.4 is 5.73 Å². The molecule has 0 radical (unpaired) electrons. The first-order valence-corrected chi connectivity index (χ1v) is 8.86. The van der Waals surface area contributed by atoms with Crippen molar-refractivity contribution in [3.8, 4) is 0 Å². The molecule has 0 heterocycles. The number of benzene rings is 2. The fraction of sp³-hybridized carbons (Fsp3) is 0.263. The predicted molar refractivity (Wildman–Crippen MR) is 103 cm³/mol. The van der Waals surface area contributed by atoms with E-state index in [-0.39, 0.29) is 6.10 Å². The van der Waals surface area contributed by atoms with E-state index in [1.807, 2.05) is 56.3 Å². The highest BCUT2D eigenvalue weighted by molar-refractivity contribution is 8.13. The molecule has 0 bridgehead atoms. The lowest BCUT2D eigenvalue weighted by atomic mass is 10.1. The van der Waals surface area contributed by atoms with E-state index < -0.39 is 0 Å². The first kappa shape index (κ1) is 18.2. The summed E-state index contributed by atoms with van der Waals surface area (Å²) >= 11 is 1.47. The molecule has 0 unspecified atom stereocenters. The minimum Gasteiger partial charge on any atom is -0.377 e. The first-order chi connectivity index (χ1) is 11.6. The smallest absolute Gasteiger partial charge is 0.180 e. The van der Waals surface area contributed by atoms with Crippen molar-refractivity contribution in [3.63, 3.8) is 0 Å². The molecule has 2 rings (SSSR count). The molecule has 5 heteroatoms. The summed E-state index contributed by atoms with van der Waals surface area (Å²) in [5.74, 6) is 0.788. The summed E-state index contributed by atoms with van der Waals surface area (Å²) in [7, 11) is 0. The zero-order chi connectivity index (χ0) is 17.2. The number of hydrogen-bond donors (Lipinski definition) is 1. The Labute approximate surface area is 147 Å². The second-order valence-corrected chi connectivity index (χ2v) is 6.55. The van der Waals surface area contributed by atoms with E-state index in [9.17, 15) is 0 Å². The number of amidine groups is 1. The molecule has 0 aromatic heterocycles. The first-order valence-electron chi connectivity index (χ1n) is 7.87. The molecule has 126 valence electrons. The molecule has 0 aliphatic rings. The van der Waals surface area contributed by atoms with E-state index in [4.69, 9.17) is 10.5 Å². The second kappa shape index (κ2) is 9.90. The lowest BCUT2D eigenvalue weighted by molar-refractivity contribution is 0.0657. The third kappa shape index (κ3) is 6.98. The Morgan fingerprint density at radius 2 is 1.79 bits per heavy atom. The van der Waals surface area contributed by atoms with Gasteiger partial charge in [0.15, 0.2) is 5.17 Å². The van der Waals surface area contributed by atoms with E-state index >= 15 is 0 Å². The van der Waals surface area contributed by atoms with Crippen LogP contribution in [0.4, 0.5) is 0 Å². The van der Waals surface area contributed by atoms with Crippen LogP contribution in [0.3, 0.4) is 0 Å². The minimum atomic E-state index is 0.233. The molecule has 24 heavy (non-hydrogen) atoms. The number of thioether (sulfide) groups is 1. The van der Waals surface area contributed by atoms with Crippen LogP contribution in [0.25, 0.3) is 0 Å². The quantitative estimate of drug-likeness (QED) is 0.466. The summed E-state index contributed by atoms with van der Waals surface area (Å²) < 4.78 is 5.57. The van der Waals surface area contributed by atoms with E-state index in [2.05, 4.69) is 22.3 Å². The van der Waals surface area contributed by atoms with Crippen molar-refractivity contribution >= 4 is 23.1 Å². The van der Waals surface area contributed by atoms with Crippen molar-refractivity contribution in [1.82, 2.24) is 0 Å². The Bertz CT molecular complexity index is 667. The van der Waals surface area contributed by atoms with Gasteiger partial charge >= 0.3 is 0 Å². The van der Waals surface area contributed by atoms with E-state index in [1.165, 1.54) is 17.3 Å². The lowest BCUT2D eigenvalue weighted by Gasteiger charge is -2.07. The Kier molecular flexibility index (Phi) is 7.52. The molecule has 0 atom stereocenters. The number of ether oxygens (including phenoxy) is 1. The van der Waals surface area contributed by atoms with Crippen LogP contribution in [0.15, 0.2) is 64.8 Å². The van der Waals surface area contributed by atoms with Gasteiger partial charge in [-0.15, -0.1) is 5.10 Å². The fourth-order valence-corrected chi connectivity index (χ4v) is 2.49. The molecule has 0 saturated carbocycles. The van der Waals surface area contributed by atoms with Gasteiger partial charge in [-0.3, -0.25) is 0 Å². The number of hydrogen-bond acceptors (Lipinski definition) is 4. The molecule has 2 aromatic rings. The minimum absolute atomic E-state index is 0.233. The maximum Gasteiger partial charge on any atom is 0.180 e. The highest BCUT2D eigenvalue weighted by Crippen LogP contribution is 2.11. The van der Waals surface area contributed by atoms with Crippen LogP contribution in [-0.2, 0) is 17.1 Å². The van der Waals surface area contributed by atoms with Crippen molar-refractivity contribution in [3.05, 3.63) is 71.3 Å². The molecule has 4 nitrogen and oxygen atoms in total. The van der Waals surface area contributed by atoms with E-state index in [0.717, 1.165) is 16.9 Å². The zero-order valence-corrected chi connectivity index (χ0v) is 14.9. The number of nitrogens with two attached hydrogens (primary N) is 1.